The van der Waals surface area contributed by atoms with Crippen molar-refractivity contribution in [2.75, 3.05) is 12.9 Å². The SMILES string of the molecule is CS(=O)OCC(C)(C)C. The van der Waals surface area contributed by atoms with Gasteiger partial charge in [-0.3, -0.25) is 4.18 Å². The van der Waals surface area contributed by atoms with Crippen LogP contribution in [0.4, 0.5) is 0 Å². The minimum Gasteiger partial charge on any atom is -0.290 e. The van der Waals surface area contributed by atoms with E-state index in [1.165, 1.54) is 6.26 Å². The Morgan fingerprint density at radius 1 is 1.44 bits per heavy atom. The summed E-state index contributed by atoms with van der Waals surface area (Å²) in [5.41, 5.74) is 0.117. The molecule has 0 fully saturated rings. The van der Waals surface area contributed by atoms with Gasteiger partial charge in [0, 0.05) is 6.26 Å². The van der Waals surface area contributed by atoms with E-state index in [4.69, 9.17) is 4.18 Å². The second kappa shape index (κ2) is 3.32. The molecule has 0 N–H and O–H groups in total. The topological polar surface area (TPSA) is 26.3 Å². The third-order valence-corrected chi connectivity index (χ3v) is 1.11. The molecule has 3 heteroatoms. The summed E-state index contributed by atoms with van der Waals surface area (Å²) in [7, 11) is 0. The predicted octanol–water partition coefficient (Wildman–Crippen LogP) is 1.34. The van der Waals surface area contributed by atoms with Crippen molar-refractivity contribution in [3.05, 3.63) is 0 Å². The van der Waals surface area contributed by atoms with Gasteiger partial charge in [-0.25, -0.2) is 4.21 Å². The van der Waals surface area contributed by atoms with Crippen LogP contribution >= 0.6 is 0 Å². The Kier molecular flexibility index (Phi) is 3.36. The maximum atomic E-state index is 10.4. The van der Waals surface area contributed by atoms with Crippen molar-refractivity contribution in [2.45, 2.75) is 20.8 Å². The van der Waals surface area contributed by atoms with Gasteiger partial charge < -0.3 is 0 Å². The van der Waals surface area contributed by atoms with Crippen molar-refractivity contribution >= 4 is 11.1 Å². The van der Waals surface area contributed by atoms with Gasteiger partial charge in [-0.1, -0.05) is 20.8 Å². The molecule has 0 spiro atoms. The maximum Gasteiger partial charge on any atom is 0.152 e. The largest absolute Gasteiger partial charge is 0.290 e. The van der Waals surface area contributed by atoms with Crippen molar-refractivity contribution in [1.29, 1.82) is 0 Å². The fourth-order valence-corrected chi connectivity index (χ4v) is 0.779. The first kappa shape index (κ1) is 9.11. The van der Waals surface area contributed by atoms with Gasteiger partial charge in [0.1, 0.15) is 0 Å². The summed E-state index contributed by atoms with van der Waals surface area (Å²) in [6.45, 7) is 6.68. The summed E-state index contributed by atoms with van der Waals surface area (Å²) < 4.78 is 15.3. The van der Waals surface area contributed by atoms with Crippen LogP contribution in [0, 0.1) is 5.41 Å². The minimum absolute atomic E-state index is 0.117. The molecule has 0 aliphatic heterocycles. The van der Waals surface area contributed by atoms with Crippen LogP contribution in [0.1, 0.15) is 20.8 Å². The standard InChI is InChI=1S/C6H14O2S/c1-6(2,3)5-8-9(4)7/h5H2,1-4H3. The highest BCUT2D eigenvalue weighted by atomic mass is 32.2. The lowest BCUT2D eigenvalue weighted by atomic mass is 9.99. The Balaban J connectivity index is 3.39. The first-order chi connectivity index (χ1) is 3.92. The van der Waals surface area contributed by atoms with Crippen LogP contribution in [0.25, 0.3) is 0 Å². The lowest BCUT2D eigenvalue weighted by Crippen LogP contribution is -2.14. The molecule has 0 saturated heterocycles. The maximum absolute atomic E-state index is 10.4. The first-order valence-corrected chi connectivity index (χ1v) is 4.37. The van der Waals surface area contributed by atoms with Gasteiger partial charge in [-0.05, 0) is 5.41 Å². The molecule has 1 unspecified atom stereocenters. The normalized spacial score (nSPS) is 15.6. The molecule has 9 heavy (non-hydrogen) atoms. The van der Waals surface area contributed by atoms with Crippen molar-refractivity contribution < 1.29 is 8.39 Å². The Bertz CT molecular complexity index is 104. The lowest BCUT2D eigenvalue weighted by Gasteiger charge is -2.15. The summed E-state index contributed by atoms with van der Waals surface area (Å²) in [4.78, 5) is 0. The van der Waals surface area contributed by atoms with E-state index < -0.39 is 11.1 Å². The zero-order chi connectivity index (χ0) is 7.49. The van der Waals surface area contributed by atoms with E-state index in [2.05, 4.69) is 0 Å². The number of hydrogen-bond acceptors (Lipinski definition) is 2. The zero-order valence-corrected chi connectivity index (χ0v) is 7.25. The van der Waals surface area contributed by atoms with Crippen LogP contribution < -0.4 is 0 Å². The molecule has 0 aromatic rings. The fourth-order valence-electron chi connectivity index (χ4n) is 0.260. The van der Waals surface area contributed by atoms with Crippen molar-refractivity contribution in [3.63, 3.8) is 0 Å². The molecule has 0 bridgehead atoms. The first-order valence-electron chi connectivity index (χ1n) is 2.88. The molecule has 0 amide bonds. The molecule has 0 aromatic heterocycles. The van der Waals surface area contributed by atoms with Gasteiger partial charge in [0.05, 0.1) is 6.61 Å². The molecule has 0 heterocycles. The van der Waals surface area contributed by atoms with Crippen LogP contribution in [0.2, 0.25) is 0 Å². The summed E-state index contributed by atoms with van der Waals surface area (Å²) in [5, 5.41) is 0. The Morgan fingerprint density at radius 2 is 1.89 bits per heavy atom. The third kappa shape index (κ3) is 8.11. The highest BCUT2D eigenvalue weighted by Gasteiger charge is 2.10. The average Bonchev–Trinajstić information content (AvgIpc) is 1.59. The van der Waals surface area contributed by atoms with E-state index in [1.807, 2.05) is 20.8 Å². The second-order valence-electron chi connectivity index (χ2n) is 3.22. The Labute approximate surface area is 59.3 Å². The van der Waals surface area contributed by atoms with Crippen molar-refractivity contribution in [1.82, 2.24) is 0 Å². The second-order valence-corrected chi connectivity index (χ2v) is 4.26. The predicted molar refractivity (Wildman–Crippen MR) is 39.5 cm³/mol. The van der Waals surface area contributed by atoms with E-state index >= 15 is 0 Å². The Hall–Kier alpha value is 0.110. The molecule has 0 rings (SSSR count). The molecular formula is C6H14O2S. The summed E-state index contributed by atoms with van der Waals surface area (Å²) in [6, 6.07) is 0. The molecule has 1 atom stereocenters. The van der Waals surface area contributed by atoms with Gasteiger partial charge in [0.15, 0.2) is 11.1 Å². The van der Waals surface area contributed by atoms with E-state index in [0.717, 1.165) is 0 Å². The van der Waals surface area contributed by atoms with Gasteiger partial charge >= 0.3 is 0 Å². The smallest absolute Gasteiger partial charge is 0.152 e. The molecule has 0 aliphatic rings. The highest BCUT2D eigenvalue weighted by molar-refractivity contribution is 7.79. The molecule has 2 nitrogen and oxygen atoms in total. The van der Waals surface area contributed by atoms with Crippen LogP contribution in [0.15, 0.2) is 0 Å². The van der Waals surface area contributed by atoms with Crippen molar-refractivity contribution in [2.24, 2.45) is 5.41 Å². The van der Waals surface area contributed by atoms with Gasteiger partial charge in [-0.15, -0.1) is 0 Å². The third-order valence-electron chi connectivity index (χ3n) is 0.658. The highest BCUT2D eigenvalue weighted by Crippen LogP contribution is 2.12. The van der Waals surface area contributed by atoms with Crippen LogP contribution in [-0.4, -0.2) is 17.1 Å². The van der Waals surface area contributed by atoms with Gasteiger partial charge in [0.25, 0.3) is 0 Å². The summed E-state index contributed by atoms with van der Waals surface area (Å²) in [6.07, 6.45) is 1.53. The molecule has 0 radical (unpaired) electrons. The quantitative estimate of drug-likeness (QED) is 0.594. The van der Waals surface area contributed by atoms with E-state index in [-0.39, 0.29) is 5.41 Å². The fraction of sp³-hybridized carbons (Fsp3) is 1.00. The molecule has 0 saturated carbocycles. The van der Waals surface area contributed by atoms with E-state index in [0.29, 0.717) is 6.61 Å². The molecule has 0 aliphatic carbocycles. The zero-order valence-electron chi connectivity index (χ0n) is 6.43. The average molecular weight is 150 g/mol. The van der Waals surface area contributed by atoms with E-state index in [9.17, 15) is 4.21 Å². The summed E-state index contributed by atoms with van der Waals surface area (Å²) in [5.74, 6) is 0. The van der Waals surface area contributed by atoms with Gasteiger partial charge in [0.2, 0.25) is 0 Å². The van der Waals surface area contributed by atoms with Gasteiger partial charge in [-0.2, -0.15) is 0 Å². The molecule has 56 valence electrons. The lowest BCUT2D eigenvalue weighted by molar-refractivity contribution is 0.217. The molecule has 0 aromatic carbocycles. The number of rotatable bonds is 2. The summed E-state index contributed by atoms with van der Waals surface area (Å²) >= 11 is -1.11. The van der Waals surface area contributed by atoms with Crippen LogP contribution in [0.5, 0.6) is 0 Å². The Morgan fingerprint density at radius 3 is 2.00 bits per heavy atom. The monoisotopic (exact) mass is 150 g/mol. The van der Waals surface area contributed by atoms with Crippen molar-refractivity contribution in [3.8, 4) is 0 Å². The molecular weight excluding hydrogens is 136 g/mol. The number of hydrogen-bond donors (Lipinski definition) is 0. The van der Waals surface area contributed by atoms with Crippen LogP contribution in [0.3, 0.4) is 0 Å². The van der Waals surface area contributed by atoms with Crippen LogP contribution in [-0.2, 0) is 15.3 Å². The van der Waals surface area contributed by atoms with E-state index in [1.54, 1.807) is 0 Å². The minimum atomic E-state index is -1.11.